The summed E-state index contributed by atoms with van der Waals surface area (Å²) < 4.78 is 3.15. The second-order valence-corrected chi connectivity index (χ2v) is 8.85. The van der Waals surface area contributed by atoms with Crippen LogP contribution in [0.25, 0.3) is 22.1 Å². The summed E-state index contributed by atoms with van der Waals surface area (Å²) >= 11 is 0. The molecule has 0 unspecified atom stereocenters. The molecule has 0 bridgehead atoms. The zero-order valence-corrected chi connectivity index (χ0v) is 19.5. The van der Waals surface area contributed by atoms with Gasteiger partial charge in [-0.15, -0.1) is 11.5 Å². The number of carbonyl (C=O) groups excluding carboxylic acids is 1. The third-order valence-corrected chi connectivity index (χ3v) is 6.78. The van der Waals surface area contributed by atoms with Crippen molar-refractivity contribution in [3.63, 3.8) is 0 Å². The minimum atomic E-state index is -0.525. The molecule has 1 amide bonds. The molecule has 1 aliphatic rings. The van der Waals surface area contributed by atoms with E-state index >= 15 is 0 Å². The van der Waals surface area contributed by atoms with Crippen LogP contribution < -0.4 is 16.6 Å². The lowest BCUT2D eigenvalue weighted by Crippen LogP contribution is -2.33. The van der Waals surface area contributed by atoms with Crippen molar-refractivity contribution in [3.8, 4) is 18.0 Å². The van der Waals surface area contributed by atoms with Gasteiger partial charge in [0.05, 0.1) is 17.1 Å². The van der Waals surface area contributed by atoms with E-state index in [1.54, 1.807) is 23.0 Å². The molecule has 2 aromatic carbocycles. The van der Waals surface area contributed by atoms with E-state index in [-0.39, 0.29) is 16.9 Å². The SMILES string of the molecule is C#Cc1ccc2c3c(c([C@H](C)NC(=O)c4c(N)nn5cccnc45)n(-c4ccccc4)c(=O)c13)CC2. The maximum atomic E-state index is 14.0. The van der Waals surface area contributed by atoms with Gasteiger partial charge in [0.15, 0.2) is 11.5 Å². The molecule has 8 heteroatoms. The van der Waals surface area contributed by atoms with Gasteiger partial charge >= 0.3 is 0 Å². The predicted octanol–water partition coefficient (Wildman–Crippen LogP) is 3.19. The first-order valence-corrected chi connectivity index (χ1v) is 11.6. The number of carbonyl (C=O) groups is 1. The molecule has 0 saturated heterocycles. The number of amides is 1. The highest BCUT2D eigenvalue weighted by Crippen LogP contribution is 2.36. The average molecular weight is 475 g/mol. The summed E-state index contributed by atoms with van der Waals surface area (Å²) in [5.74, 6) is 2.35. The Kier molecular flexibility index (Phi) is 4.86. The van der Waals surface area contributed by atoms with Crippen LogP contribution in [0.4, 0.5) is 5.82 Å². The van der Waals surface area contributed by atoms with Crippen molar-refractivity contribution in [2.45, 2.75) is 25.8 Å². The smallest absolute Gasteiger partial charge is 0.264 e. The van der Waals surface area contributed by atoms with Gasteiger partial charge in [-0.1, -0.05) is 30.2 Å². The van der Waals surface area contributed by atoms with E-state index in [1.165, 1.54) is 4.52 Å². The Balaban J connectivity index is 1.56. The molecule has 6 rings (SSSR count). The van der Waals surface area contributed by atoms with Gasteiger partial charge in [0.25, 0.3) is 11.5 Å². The zero-order chi connectivity index (χ0) is 25.0. The molecule has 36 heavy (non-hydrogen) atoms. The van der Waals surface area contributed by atoms with Crippen molar-refractivity contribution in [1.82, 2.24) is 24.5 Å². The van der Waals surface area contributed by atoms with Crippen LogP contribution in [0, 0.1) is 12.3 Å². The van der Waals surface area contributed by atoms with Gasteiger partial charge in [0.2, 0.25) is 0 Å². The minimum Gasteiger partial charge on any atom is -0.381 e. The average Bonchev–Trinajstić information content (AvgIpc) is 3.46. The van der Waals surface area contributed by atoms with Crippen molar-refractivity contribution < 1.29 is 4.79 Å². The van der Waals surface area contributed by atoms with Crippen LogP contribution in [-0.4, -0.2) is 25.1 Å². The second-order valence-electron chi connectivity index (χ2n) is 8.85. The van der Waals surface area contributed by atoms with Gasteiger partial charge in [-0.25, -0.2) is 9.50 Å². The number of pyridine rings is 1. The van der Waals surface area contributed by atoms with Gasteiger partial charge in [-0.2, -0.15) is 0 Å². The normalized spacial score (nSPS) is 13.1. The van der Waals surface area contributed by atoms with Crippen molar-refractivity contribution >= 4 is 28.1 Å². The number of aryl methyl sites for hydroxylation is 2. The molecular formula is C28H22N6O2. The van der Waals surface area contributed by atoms with E-state index in [1.807, 2.05) is 49.4 Å². The Morgan fingerprint density at radius 3 is 2.72 bits per heavy atom. The van der Waals surface area contributed by atoms with E-state index in [0.717, 1.165) is 35.0 Å². The first-order valence-electron chi connectivity index (χ1n) is 11.6. The highest BCUT2D eigenvalue weighted by Gasteiger charge is 2.29. The number of para-hydroxylation sites is 1. The summed E-state index contributed by atoms with van der Waals surface area (Å²) in [6.07, 6.45) is 10.6. The standard InChI is InChI=1S/C28H22N6O2/c1-3-17-10-11-18-12-13-20-21(18)22(17)28(36)34(19-8-5-4-6-9-19)24(20)16(2)31-27(35)23-25(29)32-33-15-7-14-30-26(23)33/h1,4-11,14-16H,12-13H2,2H3,(H2,29,32)(H,31,35)/t16-/m0/s1. The third kappa shape index (κ3) is 3.10. The minimum absolute atomic E-state index is 0.0860. The molecule has 0 spiro atoms. The van der Waals surface area contributed by atoms with Gasteiger partial charge in [-0.3, -0.25) is 14.2 Å². The lowest BCUT2D eigenvalue weighted by atomic mass is 9.97. The molecule has 0 aliphatic heterocycles. The van der Waals surface area contributed by atoms with Crippen molar-refractivity contribution in [1.29, 1.82) is 0 Å². The van der Waals surface area contributed by atoms with Crippen molar-refractivity contribution in [2.24, 2.45) is 0 Å². The van der Waals surface area contributed by atoms with Crippen LogP contribution in [0.15, 0.2) is 65.7 Å². The molecular weight excluding hydrogens is 452 g/mol. The number of terminal acetylenes is 1. The number of hydrogen-bond acceptors (Lipinski definition) is 5. The topological polar surface area (TPSA) is 107 Å². The molecule has 3 N–H and O–H groups in total. The number of nitrogens with two attached hydrogens (primary N) is 1. The molecule has 3 heterocycles. The van der Waals surface area contributed by atoms with E-state index in [4.69, 9.17) is 12.2 Å². The molecule has 0 saturated carbocycles. The quantitative estimate of drug-likeness (QED) is 0.389. The summed E-state index contributed by atoms with van der Waals surface area (Å²) in [7, 11) is 0. The maximum absolute atomic E-state index is 14.0. The van der Waals surface area contributed by atoms with E-state index in [2.05, 4.69) is 21.3 Å². The summed E-state index contributed by atoms with van der Waals surface area (Å²) in [5.41, 5.74) is 10.5. The molecule has 0 radical (unpaired) electrons. The summed E-state index contributed by atoms with van der Waals surface area (Å²) in [6, 6.07) is 14.4. The number of hydrogen-bond donors (Lipinski definition) is 2. The predicted molar refractivity (Wildman–Crippen MR) is 138 cm³/mol. The Bertz CT molecular complexity index is 1790. The summed E-state index contributed by atoms with van der Waals surface area (Å²) in [5, 5.41) is 8.69. The first-order chi connectivity index (χ1) is 17.5. The van der Waals surface area contributed by atoms with Gasteiger partial charge < -0.3 is 11.1 Å². The Hall–Kier alpha value is -4.90. The monoisotopic (exact) mass is 474 g/mol. The number of nitrogens with one attached hydrogen (secondary N) is 1. The van der Waals surface area contributed by atoms with Gasteiger partial charge in [0.1, 0.15) is 5.56 Å². The highest BCUT2D eigenvalue weighted by atomic mass is 16.2. The number of benzene rings is 2. The van der Waals surface area contributed by atoms with E-state index < -0.39 is 11.9 Å². The number of nitrogen functional groups attached to an aromatic ring is 1. The van der Waals surface area contributed by atoms with Crippen LogP contribution in [0.5, 0.6) is 0 Å². The molecule has 1 atom stereocenters. The fourth-order valence-electron chi connectivity index (χ4n) is 5.29. The van der Waals surface area contributed by atoms with Crippen LogP contribution >= 0.6 is 0 Å². The van der Waals surface area contributed by atoms with Crippen LogP contribution in [0.3, 0.4) is 0 Å². The number of anilines is 1. The Labute approximate surface area is 206 Å². The number of nitrogens with zero attached hydrogens (tertiary/aromatic N) is 4. The van der Waals surface area contributed by atoms with E-state index in [0.29, 0.717) is 22.3 Å². The lowest BCUT2D eigenvalue weighted by molar-refractivity contribution is 0.0941. The van der Waals surface area contributed by atoms with E-state index in [9.17, 15) is 9.59 Å². The van der Waals surface area contributed by atoms with Gasteiger partial charge in [0, 0.05) is 23.6 Å². The Morgan fingerprint density at radius 1 is 1.14 bits per heavy atom. The largest absolute Gasteiger partial charge is 0.381 e. The molecule has 0 fully saturated rings. The van der Waals surface area contributed by atoms with Crippen LogP contribution in [0.2, 0.25) is 0 Å². The molecule has 3 aromatic heterocycles. The molecule has 8 nitrogen and oxygen atoms in total. The van der Waals surface area contributed by atoms with Crippen molar-refractivity contribution in [3.05, 3.63) is 99.2 Å². The third-order valence-electron chi connectivity index (χ3n) is 6.78. The summed E-state index contributed by atoms with van der Waals surface area (Å²) in [6.45, 7) is 1.87. The molecule has 1 aliphatic carbocycles. The fourth-order valence-corrected chi connectivity index (χ4v) is 5.29. The molecule has 5 aromatic rings. The number of aromatic nitrogens is 4. The number of fused-ring (bicyclic) bond motifs is 1. The maximum Gasteiger partial charge on any atom is 0.264 e. The van der Waals surface area contributed by atoms with Crippen molar-refractivity contribution in [2.75, 3.05) is 5.73 Å². The second kappa shape index (κ2) is 8.10. The van der Waals surface area contributed by atoms with Crippen LogP contribution in [0.1, 0.15) is 45.7 Å². The number of rotatable bonds is 4. The molecule has 176 valence electrons. The summed E-state index contributed by atoms with van der Waals surface area (Å²) in [4.78, 5) is 31.7. The lowest BCUT2D eigenvalue weighted by Gasteiger charge is -2.24. The Morgan fingerprint density at radius 2 is 1.94 bits per heavy atom. The highest BCUT2D eigenvalue weighted by molar-refractivity contribution is 6.04. The fraction of sp³-hybridized carbons (Fsp3) is 0.143. The van der Waals surface area contributed by atoms with Gasteiger partial charge in [-0.05, 0) is 60.5 Å². The zero-order valence-electron chi connectivity index (χ0n) is 19.5. The van der Waals surface area contributed by atoms with Crippen LogP contribution in [-0.2, 0) is 12.8 Å². The first kappa shape index (κ1) is 21.6.